The largest absolute Gasteiger partial charge is 0.313 e. The van der Waals surface area contributed by atoms with Crippen molar-refractivity contribution in [3.63, 3.8) is 0 Å². The lowest BCUT2D eigenvalue weighted by molar-refractivity contribution is 0.512. The molecule has 0 spiro atoms. The molecular weight excluding hydrogens is 392 g/mol. The van der Waals surface area contributed by atoms with E-state index in [-0.39, 0.29) is 22.5 Å². The van der Waals surface area contributed by atoms with Crippen molar-refractivity contribution in [2.75, 3.05) is 7.05 Å². The van der Waals surface area contributed by atoms with Crippen LogP contribution in [0.1, 0.15) is 17.2 Å². The normalized spacial score (nSPS) is 12.4. The zero-order valence-corrected chi connectivity index (χ0v) is 13.9. The monoisotopic (exact) mass is 403 g/mol. The summed E-state index contributed by atoms with van der Waals surface area (Å²) in [4.78, 5) is 0. The van der Waals surface area contributed by atoms with Crippen LogP contribution in [0.5, 0.6) is 0 Å². The Morgan fingerprint density at radius 2 is 1.90 bits per heavy atom. The Bertz CT molecular complexity index is 617. The molecule has 2 aromatic rings. The maximum absolute atomic E-state index is 14.0. The average molecular weight is 405 g/mol. The summed E-state index contributed by atoms with van der Waals surface area (Å²) < 4.78 is 29.1. The molecule has 0 radical (unpaired) electrons. The minimum Gasteiger partial charge on any atom is -0.313 e. The van der Waals surface area contributed by atoms with Gasteiger partial charge in [-0.1, -0.05) is 28.1 Å². The van der Waals surface area contributed by atoms with Crippen LogP contribution in [-0.4, -0.2) is 7.05 Å². The molecular formula is C15H13Br2F2N. The molecule has 20 heavy (non-hydrogen) atoms. The van der Waals surface area contributed by atoms with Gasteiger partial charge in [0.25, 0.3) is 0 Å². The first-order chi connectivity index (χ1) is 9.52. The summed E-state index contributed by atoms with van der Waals surface area (Å²) in [6.07, 6.45) is 0.240. The molecule has 0 aliphatic rings. The quantitative estimate of drug-likeness (QED) is 0.707. The molecule has 0 fully saturated rings. The third-order valence-electron chi connectivity index (χ3n) is 3.15. The number of halogens is 4. The predicted octanol–water partition coefficient (Wildman–Crippen LogP) is 4.99. The number of nitrogens with one attached hydrogen (secondary N) is 1. The van der Waals surface area contributed by atoms with Crippen molar-refractivity contribution in [3.05, 3.63) is 68.1 Å². The van der Waals surface area contributed by atoms with Crippen LogP contribution in [0.15, 0.2) is 45.3 Å². The maximum atomic E-state index is 14.0. The van der Waals surface area contributed by atoms with E-state index in [0.717, 1.165) is 10.0 Å². The minimum atomic E-state index is -0.541. The molecule has 1 N–H and O–H groups in total. The third-order valence-corrected chi connectivity index (χ3v) is 4.25. The number of rotatable bonds is 4. The first-order valence-corrected chi connectivity index (χ1v) is 7.66. The second kappa shape index (κ2) is 6.78. The first-order valence-electron chi connectivity index (χ1n) is 6.08. The van der Waals surface area contributed by atoms with E-state index in [4.69, 9.17) is 0 Å². The molecule has 0 saturated heterocycles. The highest BCUT2D eigenvalue weighted by atomic mass is 79.9. The molecule has 2 rings (SSSR count). The van der Waals surface area contributed by atoms with Crippen LogP contribution in [0.25, 0.3) is 0 Å². The van der Waals surface area contributed by atoms with E-state index >= 15 is 0 Å². The van der Waals surface area contributed by atoms with E-state index in [9.17, 15) is 8.78 Å². The third kappa shape index (κ3) is 3.45. The van der Waals surface area contributed by atoms with Gasteiger partial charge in [-0.05, 0) is 59.2 Å². The predicted molar refractivity (Wildman–Crippen MR) is 83.7 cm³/mol. The lowest BCUT2D eigenvalue weighted by atomic mass is 9.98. The Kier molecular flexibility index (Phi) is 5.29. The molecule has 0 heterocycles. The zero-order chi connectivity index (χ0) is 14.7. The average Bonchev–Trinajstić information content (AvgIpc) is 2.43. The summed E-state index contributed by atoms with van der Waals surface area (Å²) in [5.41, 5.74) is 1.05. The number of hydrogen-bond donors (Lipinski definition) is 1. The molecule has 1 unspecified atom stereocenters. The second-order valence-electron chi connectivity index (χ2n) is 4.42. The van der Waals surface area contributed by atoms with Crippen LogP contribution in [0.3, 0.4) is 0 Å². The molecule has 1 atom stereocenters. The first kappa shape index (κ1) is 15.6. The van der Waals surface area contributed by atoms with Gasteiger partial charge in [0.2, 0.25) is 0 Å². The molecule has 0 aromatic heterocycles. The SMILES string of the molecule is CNC(Cc1c(F)ccc(Br)c1F)c1cccc(Br)c1. The molecule has 0 amide bonds. The van der Waals surface area contributed by atoms with Gasteiger partial charge in [0.15, 0.2) is 0 Å². The molecule has 1 nitrogen and oxygen atoms in total. The van der Waals surface area contributed by atoms with E-state index < -0.39 is 11.6 Å². The molecule has 106 valence electrons. The van der Waals surface area contributed by atoms with Crippen LogP contribution >= 0.6 is 31.9 Å². The highest BCUT2D eigenvalue weighted by molar-refractivity contribution is 9.10. The van der Waals surface area contributed by atoms with Crippen LogP contribution in [0.2, 0.25) is 0 Å². The molecule has 0 saturated carbocycles. The van der Waals surface area contributed by atoms with Gasteiger partial charge in [-0.2, -0.15) is 0 Å². The summed E-state index contributed by atoms with van der Waals surface area (Å²) >= 11 is 6.49. The van der Waals surface area contributed by atoms with E-state index in [0.29, 0.717) is 0 Å². The van der Waals surface area contributed by atoms with Gasteiger partial charge >= 0.3 is 0 Å². The summed E-state index contributed by atoms with van der Waals surface area (Å²) in [7, 11) is 1.78. The van der Waals surface area contributed by atoms with Crippen LogP contribution in [0.4, 0.5) is 8.78 Å². The topological polar surface area (TPSA) is 12.0 Å². The van der Waals surface area contributed by atoms with Gasteiger partial charge in [-0.15, -0.1) is 0 Å². The minimum absolute atomic E-state index is 0.0821. The fourth-order valence-corrected chi connectivity index (χ4v) is 2.86. The fraction of sp³-hybridized carbons (Fsp3) is 0.200. The molecule has 0 aliphatic carbocycles. The Morgan fingerprint density at radius 3 is 2.55 bits per heavy atom. The van der Waals surface area contributed by atoms with Crippen molar-refractivity contribution in [2.45, 2.75) is 12.5 Å². The van der Waals surface area contributed by atoms with Crippen molar-refractivity contribution < 1.29 is 8.78 Å². The Morgan fingerprint density at radius 1 is 1.15 bits per heavy atom. The lowest BCUT2D eigenvalue weighted by Crippen LogP contribution is -2.20. The summed E-state index contributed by atoms with van der Waals surface area (Å²) in [6, 6.07) is 10.2. The van der Waals surface area contributed by atoms with Crippen molar-refractivity contribution in [2.24, 2.45) is 0 Å². The van der Waals surface area contributed by atoms with Crippen molar-refractivity contribution in [3.8, 4) is 0 Å². The van der Waals surface area contributed by atoms with E-state index in [2.05, 4.69) is 37.2 Å². The summed E-state index contributed by atoms with van der Waals surface area (Å²) in [6.45, 7) is 0. The fourth-order valence-electron chi connectivity index (χ4n) is 2.07. The summed E-state index contributed by atoms with van der Waals surface area (Å²) in [5.74, 6) is -1.07. The van der Waals surface area contributed by atoms with Crippen LogP contribution in [-0.2, 0) is 6.42 Å². The van der Waals surface area contributed by atoms with Crippen LogP contribution in [0, 0.1) is 11.6 Å². The number of hydrogen-bond acceptors (Lipinski definition) is 1. The smallest absolute Gasteiger partial charge is 0.143 e. The van der Waals surface area contributed by atoms with Gasteiger partial charge in [0, 0.05) is 16.1 Å². The van der Waals surface area contributed by atoms with Crippen LogP contribution < -0.4 is 5.32 Å². The van der Waals surface area contributed by atoms with Gasteiger partial charge in [0.1, 0.15) is 11.6 Å². The maximum Gasteiger partial charge on any atom is 0.143 e. The van der Waals surface area contributed by atoms with E-state index in [1.54, 1.807) is 7.05 Å². The van der Waals surface area contributed by atoms with Gasteiger partial charge < -0.3 is 5.32 Å². The molecule has 2 aromatic carbocycles. The highest BCUT2D eigenvalue weighted by Crippen LogP contribution is 2.27. The second-order valence-corrected chi connectivity index (χ2v) is 6.19. The van der Waals surface area contributed by atoms with Gasteiger partial charge in [0.05, 0.1) is 4.47 Å². The molecule has 5 heteroatoms. The van der Waals surface area contributed by atoms with Crippen molar-refractivity contribution in [1.82, 2.24) is 5.32 Å². The van der Waals surface area contributed by atoms with Gasteiger partial charge in [-0.3, -0.25) is 0 Å². The molecule has 0 bridgehead atoms. The van der Waals surface area contributed by atoms with Crippen molar-refractivity contribution in [1.29, 1.82) is 0 Å². The van der Waals surface area contributed by atoms with Gasteiger partial charge in [-0.25, -0.2) is 8.78 Å². The van der Waals surface area contributed by atoms with E-state index in [1.165, 1.54) is 12.1 Å². The standard InChI is InChI=1S/C15H13Br2F2N/c1-20-14(9-3-2-4-10(16)7-9)8-11-13(18)6-5-12(17)15(11)19/h2-7,14,20H,8H2,1H3. The zero-order valence-electron chi connectivity index (χ0n) is 10.8. The number of likely N-dealkylation sites (N-methyl/N-ethyl adjacent to an activating group) is 1. The Hall–Kier alpha value is -0.780. The Balaban J connectivity index is 2.34. The Labute approximate surface area is 133 Å². The molecule has 0 aliphatic heterocycles. The summed E-state index contributed by atoms with van der Waals surface area (Å²) in [5, 5.41) is 3.10. The highest BCUT2D eigenvalue weighted by Gasteiger charge is 2.18. The van der Waals surface area contributed by atoms with Crippen molar-refractivity contribution >= 4 is 31.9 Å². The number of benzene rings is 2. The lowest BCUT2D eigenvalue weighted by Gasteiger charge is -2.18. The van der Waals surface area contributed by atoms with E-state index in [1.807, 2.05) is 24.3 Å².